The molecule has 6 nitrogen and oxygen atoms in total. The van der Waals surface area contributed by atoms with Crippen LogP contribution in [0.3, 0.4) is 0 Å². The van der Waals surface area contributed by atoms with E-state index in [4.69, 9.17) is 11.5 Å². The van der Waals surface area contributed by atoms with E-state index < -0.39 is 0 Å². The minimum absolute atomic E-state index is 0.181. The molecule has 1 heterocycles. The Morgan fingerprint density at radius 1 is 1.24 bits per heavy atom. The van der Waals surface area contributed by atoms with E-state index in [0.29, 0.717) is 23.8 Å². The lowest BCUT2D eigenvalue weighted by Crippen LogP contribution is -2.37. The Hall–Kier alpha value is -1.43. The molecule has 1 fully saturated rings. The highest BCUT2D eigenvalue weighted by Gasteiger charge is 2.33. The second-order valence-electron chi connectivity index (χ2n) is 5.28. The van der Waals surface area contributed by atoms with Gasteiger partial charge in [-0.3, -0.25) is 0 Å². The van der Waals surface area contributed by atoms with Crippen molar-refractivity contribution < 1.29 is 0 Å². The number of nitrogen functional groups attached to an aromatic ring is 2. The molecule has 0 aromatic carbocycles. The minimum Gasteiger partial charge on any atom is -0.368 e. The van der Waals surface area contributed by atoms with Crippen LogP contribution in [0.4, 0.5) is 11.9 Å². The maximum absolute atomic E-state index is 5.53. The molecule has 1 saturated carbocycles. The highest BCUT2D eigenvalue weighted by molar-refractivity contribution is 5.25. The van der Waals surface area contributed by atoms with Gasteiger partial charge in [-0.05, 0) is 18.3 Å². The predicted molar refractivity (Wildman–Crippen MR) is 66.9 cm³/mol. The van der Waals surface area contributed by atoms with E-state index in [1.54, 1.807) is 0 Å². The van der Waals surface area contributed by atoms with Gasteiger partial charge in [-0.1, -0.05) is 20.3 Å². The van der Waals surface area contributed by atoms with E-state index >= 15 is 0 Å². The largest absolute Gasteiger partial charge is 0.368 e. The summed E-state index contributed by atoms with van der Waals surface area (Å²) in [6.07, 6.45) is 3.72. The normalized spacial score (nSPS) is 22.8. The number of aromatic nitrogens is 3. The van der Waals surface area contributed by atoms with Crippen LogP contribution in [-0.2, 0) is 6.54 Å². The predicted octanol–water partition coefficient (Wildman–Crippen LogP) is 0.704. The number of nitrogens with two attached hydrogens (primary N) is 2. The fourth-order valence-corrected chi connectivity index (χ4v) is 2.46. The van der Waals surface area contributed by atoms with E-state index in [1.807, 2.05) is 0 Å². The second-order valence-corrected chi connectivity index (χ2v) is 5.28. The molecule has 0 radical (unpaired) electrons. The molecule has 0 aliphatic heterocycles. The molecule has 1 unspecified atom stereocenters. The van der Waals surface area contributed by atoms with Crippen molar-refractivity contribution >= 4 is 11.9 Å². The lowest BCUT2D eigenvalue weighted by atomic mass is 9.87. The van der Waals surface area contributed by atoms with Crippen LogP contribution in [0.2, 0.25) is 0 Å². The highest BCUT2D eigenvalue weighted by atomic mass is 15.2. The van der Waals surface area contributed by atoms with E-state index in [-0.39, 0.29) is 11.9 Å². The first-order chi connectivity index (χ1) is 7.97. The van der Waals surface area contributed by atoms with Gasteiger partial charge in [-0.25, -0.2) is 0 Å². The quantitative estimate of drug-likeness (QED) is 0.714. The molecule has 0 spiro atoms. The monoisotopic (exact) mass is 236 g/mol. The summed E-state index contributed by atoms with van der Waals surface area (Å²) in [5.74, 6) is 0.970. The molecule has 5 N–H and O–H groups in total. The number of hydrogen-bond acceptors (Lipinski definition) is 6. The van der Waals surface area contributed by atoms with Crippen LogP contribution in [0.15, 0.2) is 0 Å². The first-order valence-electron chi connectivity index (χ1n) is 5.97. The van der Waals surface area contributed by atoms with Gasteiger partial charge in [-0.15, -0.1) is 0 Å². The lowest BCUT2D eigenvalue weighted by Gasteiger charge is -2.27. The summed E-state index contributed by atoms with van der Waals surface area (Å²) < 4.78 is 0. The zero-order valence-corrected chi connectivity index (χ0v) is 10.4. The SMILES string of the molecule is CC1(C)CCCC1NCc1nc(N)nc(N)n1. The average Bonchev–Trinajstić information content (AvgIpc) is 2.53. The maximum atomic E-state index is 5.53. The number of anilines is 2. The van der Waals surface area contributed by atoms with E-state index in [2.05, 4.69) is 34.1 Å². The average molecular weight is 236 g/mol. The topological polar surface area (TPSA) is 103 Å². The van der Waals surface area contributed by atoms with Gasteiger partial charge in [-0.2, -0.15) is 15.0 Å². The van der Waals surface area contributed by atoms with Gasteiger partial charge in [0.1, 0.15) is 5.82 Å². The third kappa shape index (κ3) is 2.82. The second kappa shape index (κ2) is 4.44. The molecule has 1 aromatic heterocycles. The molecule has 1 atom stereocenters. The lowest BCUT2D eigenvalue weighted by molar-refractivity contribution is 0.281. The molecule has 17 heavy (non-hydrogen) atoms. The van der Waals surface area contributed by atoms with Crippen LogP contribution in [0.25, 0.3) is 0 Å². The molecule has 1 aliphatic rings. The van der Waals surface area contributed by atoms with Crippen molar-refractivity contribution in [1.82, 2.24) is 20.3 Å². The van der Waals surface area contributed by atoms with E-state index in [0.717, 1.165) is 0 Å². The standard InChI is InChI=1S/C11H20N6/c1-11(2)5-3-4-7(11)14-6-8-15-9(12)17-10(13)16-8/h7,14H,3-6H2,1-2H3,(H4,12,13,15,16,17). The first kappa shape index (κ1) is 12.0. The Bertz CT molecular complexity index is 383. The van der Waals surface area contributed by atoms with Crippen LogP contribution in [0.5, 0.6) is 0 Å². The number of hydrogen-bond donors (Lipinski definition) is 3. The number of nitrogens with one attached hydrogen (secondary N) is 1. The zero-order chi connectivity index (χ0) is 12.5. The van der Waals surface area contributed by atoms with Crippen molar-refractivity contribution in [2.24, 2.45) is 5.41 Å². The molecule has 1 aromatic rings. The molecule has 0 saturated heterocycles. The van der Waals surface area contributed by atoms with Gasteiger partial charge in [0.2, 0.25) is 11.9 Å². The first-order valence-corrected chi connectivity index (χ1v) is 5.97. The Kier molecular flexibility index (Phi) is 3.15. The molecule has 2 rings (SSSR count). The highest BCUT2D eigenvalue weighted by Crippen LogP contribution is 2.37. The summed E-state index contributed by atoms with van der Waals surface area (Å²) in [6.45, 7) is 5.16. The zero-order valence-electron chi connectivity index (χ0n) is 10.4. The fourth-order valence-electron chi connectivity index (χ4n) is 2.46. The third-order valence-electron chi connectivity index (χ3n) is 3.48. The van der Waals surface area contributed by atoms with Gasteiger partial charge in [0, 0.05) is 6.04 Å². The number of nitrogens with zero attached hydrogens (tertiary/aromatic N) is 3. The van der Waals surface area contributed by atoms with Crippen molar-refractivity contribution in [3.05, 3.63) is 5.82 Å². The smallest absolute Gasteiger partial charge is 0.225 e. The Balaban J connectivity index is 1.98. The van der Waals surface area contributed by atoms with Crippen LogP contribution >= 0.6 is 0 Å². The summed E-state index contributed by atoms with van der Waals surface area (Å²) in [5.41, 5.74) is 11.4. The molecule has 1 aliphatic carbocycles. The molecule has 0 amide bonds. The molecule has 94 valence electrons. The summed E-state index contributed by atoms with van der Waals surface area (Å²) in [5, 5.41) is 3.48. The van der Waals surface area contributed by atoms with Gasteiger partial charge in [0.05, 0.1) is 6.54 Å². The van der Waals surface area contributed by atoms with Gasteiger partial charge >= 0.3 is 0 Å². The Morgan fingerprint density at radius 3 is 2.41 bits per heavy atom. The van der Waals surface area contributed by atoms with Crippen LogP contribution in [0.1, 0.15) is 38.9 Å². The van der Waals surface area contributed by atoms with Crippen LogP contribution in [0, 0.1) is 5.41 Å². The maximum Gasteiger partial charge on any atom is 0.225 e. The summed E-state index contributed by atoms with van der Waals surface area (Å²) in [6, 6.07) is 0.502. The summed E-state index contributed by atoms with van der Waals surface area (Å²) >= 11 is 0. The summed E-state index contributed by atoms with van der Waals surface area (Å²) in [7, 11) is 0. The molecule has 0 bridgehead atoms. The Labute approximate surface area is 101 Å². The van der Waals surface area contributed by atoms with Crippen molar-refractivity contribution in [3.63, 3.8) is 0 Å². The number of rotatable bonds is 3. The van der Waals surface area contributed by atoms with E-state index in [1.165, 1.54) is 19.3 Å². The van der Waals surface area contributed by atoms with Crippen LogP contribution < -0.4 is 16.8 Å². The van der Waals surface area contributed by atoms with Crippen molar-refractivity contribution in [2.75, 3.05) is 11.5 Å². The van der Waals surface area contributed by atoms with Crippen molar-refractivity contribution in [1.29, 1.82) is 0 Å². The van der Waals surface area contributed by atoms with Gasteiger partial charge in [0.25, 0.3) is 0 Å². The summed E-state index contributed by atoms with van der Waals surface area (Å²) in [4.78, 5) is 11.9. The van der Waals surface area contributed by atoms with Crippen LogP contribution in [-0.4, -0.2) is 21.0 Å². The minimum atomic E-state index is 0.181. The third-order valence-corrected chi connectivity index (χ3v) is 3.48. The Morgan fingerprint density at radius 2 is 1.88 bits per heavy atom. The van der Waals surface area contributed by atoms with Crippen molar-refractivity contribution in [3.8, 4) is 0 Å². The molecular weight excluding hydrogens is 216 g/mol. The molecular formula is C11H20N6. The molecule has 6 heteroatoms. The van der Waals surface area contributed by atoms with Crippen molar-refractivity contribution in [2.45, 2.75) is 45.7 Å². The van der Waals surface area contributed by atoms with Gasteiger partial charge < -0.3 is 16.8 Å². The van der Waals surface area contributed by atoms with Gasteiger partial charge in [0.15, 0.2) is 0 Å². The fraction of sp³-hybridized carbons (Fsp3) is 0.727. The van der Waals surface area contributed by atoms with E-state index in [9.17, 15) is 0 Å².